The normalized spacial score (nSPS) is 20.3. The highest BCUT2D eigenvalue weighted by Gasteiger charge is 2.34. The Kier molecular flexibility index (Phi) is 7.56. The molecule has 0 bridgehead atoms. The molecular formula is C24H30N2O6. The first-order valence-corrected chi connectivity index (χ1v) is 10.8. The second kappa shape index (κ2) is 10.3. The second-order valence-corrected chi connectivity index (χ2v) is 7.94. The SMILES string of the molecule is CCOc1cc([C@H]2C[C@H](OC(C)=O)CC[C@H]2NC(=O)c2ccc(=O)n(C)c2)ccc1OC. The van der Waals surface area contributed by atoms with Crippen molar-refractivity contribution in [2.75, 3.05) is 13.7 Å². The Hall–Kier alpha value is -3.29. The minimum atomic E-state index is -0.314. The zero-order chi connectivity index (χ0) is 23.3. The molecule has 1 amide bonds. The van der Waals surface area contributed by atoms with Gasteiger partial charge in [-0.05, 0) is 49.9 Å². The number of nitrogens with one attached hydrogen (secondary N) is 1. The zero-order valence-electron chi connectivity index (χ0n) is 18.9. The number of carbonyl (C=O) groups is 2. The van der Waals surface area contributed by atoms with Crippen molar-refractivity contribution in [1.82, 2.24) is 9.88 Å². The Bertz CT molecular complexity index is 1030. The maximum atomic E-state index is 12.9. The molecule has 1 N–H and O–H groups in total. The van der Waals surface area contributed by atoms with Gasteiger partial charge in [-0.25, -0.2) is 0 Å². The lowest BCUT2D eigenvalue weighted by atomic mass is 9.78. The lowest BCUT2D eigenvalue weighted by molar-refractivity contribution is -0.148. The fourth-order valence-corrected chi connectivity index (χ4v) is 4.19. The number of benzene rings is 1. The average molecular weight is 443 g/mol. The Morgan fingerprint density at radius 1 is 1.16 bits per heavy atom. The van der Waals surface area contributed by atoms with E-state index in [2.05, 4.69) is 5.32 Å². The van der Waals surface area contributed by atoms with E-state index >= 15 is 0 Å². The largest absolute Gasteiger partial charge is 0.493 e. The molecule has 1 fully saturated rings. The fraction of sp³-hybridized carbons (Fsp3) is 0.458. The van der Waals surface area contributed by atoms with Crippen LogP contribution in [0.4, 0.5) is 0 Å². The van der Waals surface area contributed by atoms with Gasteiger partial charge in [-0.1, -0.05) is 6.07 Å². The van der Waals surface area contributed by atoms with Crippen molar-refractivity contribution in [3.05, 3.63) is 58.0 Å². The van der Waals surface area contributed by atoms with Gasteiger partial charge in [0, 0.05) is 38.2 Å². The van der Waals surface area contributed by atoms with Crippen LogP contribution in [-0.2, 0) is 16.6 Å². The third-order valence-electron chi connectivity index (χ3n) is 5.71. The van der Waals surface area contributed by atoms with Crippen LogP contribution in [0.25, 0.3) is 0 Å². The van der Waals surface area contributed by atoms with Crippen molar-refractivity contribution in [1.29, 1.82) is 0 Å². The number of aromatic nitrogens is 1. The predicted molar refractivity (Wildman–Crippen MR) is 119 cm³/mol. The van der Waals surface area contributed by atoms with Crippen molar-refractivity contribution >= 4 is 11.9 Å². The van der Waals surface area contributed by atoms with Crippen molar-refractivity contribution < 1.29 is 23.8 Å². The van der Waals surface area contributed by atoms with Crippen molar-refractivity contribution in [2.45, 2.75) is 51.2 Å². The van der Waals surface area contributed by atoms with Crippen LogP contribution >= 0.6 is 0 Å². The highest BCUT2D eigenvalue weighted by Crippen LogP contribution is 2.38. The van der Waals surface area contributed by atoms with E-state index in [4.69, 9.17) is 14.2 Å². The van der Waals surface area contributed by atoms with Gasteiger partial charge in [-0.3, -0.25) is 14.4 Å². The van der Waals surface area contributed by atoms with Crippen molar-refractivity contribution in [3.8, 4) is 11.5 Å². The molecule has 1 heterocycles. The molecule has 0 aliphatic heterocycles. The summed E-state index contributed by atoms with van der Waals surface area (Å²) in [4.78, 5) is 36.1. The van der Waals surface area contributed by atoms with Gasteiger partial charge in [0.25, 0.3) is 5.91 Å². The minimum absolute atomic E-state index is 0.0882. The van der Waals surface area contributed by atoms with E-state index in [0.29, 0.717) is 42.9 Å². The standard InChI is InChI=1S/C24H30N2O6/c1-5-31-22-12-16(6-10-21(22)30-4)19-13-18(32-15(2)27)8-9-20(19)25-24(29)17-7-11-23(28)26(3)14-17/h6-7,10-12,14,18-20H,5,8-9,13H2,1-4H3,(H,25,29)/t18-,19-,20-/m1/s1. The topological polar surface area (TPSA) is 95.9 Å². The highest BCUT2D eigenvalue weighted by molar-refractivity contribution is 5.94. The van der Waals surface area contributed by atoms with Gasteiger partial charge in [0.1, 0.15) is 6.10 Å². The number of esters is 1. The number of rotatable bonds is 7. The summed E-state index contributed by atoms with van der Waals surface area (Å²) in [5.41, 5.74) is 1.21. The third-order valence-corrected chi connectivity index (χ3v) is 5.71. The van der Waals surface area contributed by atoms with Crippen LogP contribution in [0.15, 0.2) is 41.3 Å². The van der Waals surface area contributed by atoms with E-state index in [1.165, 1.54) is 29.8 Å². The van der Waals surface area contributed by atoms with E-state index < -0.39 is 0 Å². The fourth-order valence-electron chi connectivity index (χ4n) is 4.19. The first-order chi connectivity index (χ1) is 15.3. The lowest BCUT2D eigenvalue weighted by Crippen LogP contribution is -2.44. The molecular weight excluding hydrogens is 412 g/mol. The van der Waals surface area contributed by atoms with Gasteiger partial charge in [0.15, 0.2) is 11.5 Å². The van der Waals surface area contributed by atoms with Crippen LogP contribution in [0.1, 0.15) is 54.9 Å². The summed E-state index contributed by atoms with van der Waals surface area (Å²) in [7, 11) is 3.20. The molecule has 1 aliphatic rings. The smallest absolute Gasteiger partial charge is 0.302 e. The Morgan fingerprint density at radius 2 is 1.94 bits per heavy atom. The molecule has 1 aromatic heterocycles. The van der Waals surface area contributed by atoms with Gasteiger partial charge < -0.3 is 24.1 Å². The van der Waals surface area contributed by atoms with Crippen LogP contribution in [0.3, 0.4) is 0 Å². The minimum Gasteiger partial charge on any atom is -0.493 e. The van der Waals surface area contributed by atoms with Crippen LogP contribution < -0.4 is 20.3 Å². The maximum absolute atomic E-state index is 12.9. The molecule has 3 atom stereocenters. The summed E-state index contributed by atoms with van der Waals surface area (Å²) >= 11 is 0. The first kappa shape index (κ1) is 23.4. The molecule has 1 saturated carbocycles. The second-order valence-electron chi connectivity index (χ2n) is 7.94. The van der Waals surface area contributed by atoms with E-state index in [1.54, 1.807) is 14.2 Å². The molecule has 0 radical (unpaired) electrons. The summed E-state index contributed by atoms with van der Waals surface area (Å²) in [5, 5.41) is 3.12. The number of aryl methyl sites for hydroxylation is 1. The summed E-state index contributed by atoms with van der Waals surface area (Å²) in [6.45, 7) is 3.80. The predicted octanol–water partition coefficient (Wildman–Crippen LogP) is 2.79. The Balaban J connectivity index is 1.88. The molecule has 172 valence electrons. The van der Waals surface area contributed by atoms with Crippen LogP contribution in [-0.4, -0.2) is 42.3 Å². The molecule has 1 aromatic carbocycles. The molecule has 8 nitrogen and oxygen atoms in total. The molecule has 2 aromatic rings. The molecule has 0 spiro atoms. The number of nitrogens with zero attached hydrogens (tertiary/aromatic N) is 1. The first-order valence-electron chi connectivity index (χ1n) is 10.8. The van der Waals surface area contributed by atoms with Crippen molar-refractivity contribution in [3.63, 3.8) is 0 Å². The van der Waals surface area contributed by atoms with E-state index in [9.17, 15) is 14.4 Å². The summed E-state index contributed by atoms with van der Waals surface area (Å²) in [6, 6.07) is 8.46. The summed E-state index contributed by atoms with van der Waals surface area (Å²) in [5.74, 6) is 0.611. The summed E-state index contributed by atoms with van der Waals surface area (Å²) < 4.78 is 18.0. The van der Waals surface area contributed by atoms with Crippen LogP contribution in [0.2, 0.25) is 0 Å². The molecule has 0 saturated heterocycles. The van der Waals surface area contributed by atoms with Gasteiger partial charge in [0.2, 0.25) is 5.56 Å². The number of ether oxygens (including phenoxy) is 3. The molecule has 1 aliphatic carbocycles. The average Bonchev–Trinajstić information content (AvgIpc) is 2.76. The zero-order valence-corrected chi connectivity index (χ0v) is 18.9. The van der Waals surface area contributed by atoms with Gasteiger partial charge in [-0.2, -0.15) is 0 Å². The van der Waals surface area contributed by atoms with Gasteiger partial charge >= 0.3 is 5.97 Å². The van der Waals surface area contributed by atoms with Crippen LogP contribution in [0, 0.1) is 0 Å². The number of carbonyl (C=O) groups excluding carboxylic acids is 2. The number of methoxy groups -OCH3 is 1. The Morgan fingerprint density at radius 3 is 2.59 bits per heavy atom. The molecule has 3 rings (SSSR count). The number of amides is 1. The van der Waals surface area contributed by atoms with E-state index in [1.807, 2.05) is 25.1 Å². The molecule has 8 heteroatoms. The number of pyridine rings is 1. The van der Waals surface area contributed by atoms with E-state index in [-0.39, 0.29) is 35.5 Å². The van der Waals surface area contributed by atoms with E-state index in [0.717, 1.165) is 5.56 Å². The third kappa shape index (κ3) is 5.49. The highest BCUT2D eigenvalue weighted by atomic mass is 16.5. The number of hydrogen-bond acceptors (Lipinski definition) is 6. The van der Waals surface area contributed by atoms with Gasteiger partial charge in [-0.15, -0.1) is 0 Å². The summed E-state index contributed by atoms with van der Waals surface area (Å²) in [6.07, 6.45) is 3.19. The maximum Gasteiger partial charge on any atom is 0.302 e. The van der Waals surface area contributed by atoms with Crippen molar-refractivity contribution in [2.24, 2.45) is 7.05 Å². The quantitative estimate of drug-likeness (QED) is 0.663. The number of hydrogen-bond donors (Lipinski definition) is 1. The van der Waals surface area contributed by atoms with Gasteiger partial charge in [0.05, 0.1) is 19.3 Å². The Labute approximate surface area is 187 Å². The van der Waals surface area contributed by atoms with Crippen LogP contribution in [0.5, 0.6) is 11.5 Å². The molecule has 32 heavy (non-hydrogen) atoms. The monoisotopic (exact) mass is 442 g/mol. The molecule has 0 unspecified atom stereocenters. The lowest BCUT2D eigenvalue weighted by Gasteiger charge is -2.36.